The number of nitrogens with zero attached hydrogens (tertiary/aromatic N) is 2. The van der Waals surface area contributed by atoms with Gasteiger partial charge in [-0.15, -0.1) is 0 Å². The van der Waals surface area contributed by atoms with E-state index < -0.39 is 0 Å². The summed E-state index contributed by atoms with van der Waals surface area (Å²) in [5.41, 5.74) is 4.43. The SMILES string of the molecule is CC1=NC(=Nc2[nH]c(C)c3ccccc23)c2ccccc21. The monoisotopic (exact) mass is 273 g/mol. The van der Waals surface area contributed by atoms with Crippen LogP contribution in [0, 0.1) is 6.92 Å². The molecule has 1 aliphatic rings. The summed E-state index contributed by atoms with van der Waals surface area (Å²) in [5.74, 6) is 1.67. The second-order valence-corrected chi connectivity index (χ2v) is 5.32. The Morgan fingerprint density at radius 3 is 2.33 bits per heavy atom. The van der Waals surface area contributed by atoms with Gasteiger partial charge in [0.2, 0.25) is 0 Å². The van der Waals surface area contributed by atoms with Crippen LogP contribution < -0.4 is 0 Å². The van der Waals surface area contributed by atoms with Crippen molar-refractivity contribution in [3.63, 3.8) is 0 Å². The molecule has 21 heavy (non-hydrogen) atoms. The second-order valence-electron chi connectivity index (χ2n) is 5.32. The van der Waals surface area contributed by atoms with E-state index in [9.17, 15) is 0 Å². The second kappa shape index (κ2) is 4.42. The molecule has 3 aromatic rings. The minimum atomic E-state index is 0.787. The molecule has 0 unspecified atom stereocenters. The average Bonchev–Trinajstić information content (AvgIpc) is 3.00. The van der Waals surface area contributed by atoms with Crippen LogP contribution in [0.2, 0.25) is 0 Å². The van der Waals surface area contributed by atoms with Gasteiger partial charge < -0.3 is 4.98 Å². The Labute approximate surface area is 123 Å². The average molecular weight is 273 g/mol. The number of nitrogens with one attached hydrogen (secondary N) is 1. The fraction of sp³-hybridized carbons (Fsp3) is 0.111. The summed E-state index contributed by atoms with van der Waals surface area (Å²) in [6.45, 7) is 4.10. The van der Waals surface area contributed by atoms with Gasteiger partial charge in [0.15, 0.2) is 5.84 Å². The molecule has 0 amide bonds. The molecular formula is C18H15N3. The van der Waals surface area contributed by atoms with Gasteiger partial charge in [-0.1, -0.05) is 48.5 Å². The maximum absolute atomic E-state index is 4.77. The highest BCUT2D eigenvalue weighted by molar-refractivity contribution is 6.23. The molecule has 0 fully saturated rings. The van der Waals surface area contributed by atoms with E-state index in [0.29, 0.717) is 0 Å². The molecule has 4 rings (SSSR count). The van der Waals surface area contributed by atoms with Crippen LogP contribution in [-0.2, 0) is 0 Å². The summed E-state index contributed by atoms with van der Waals surface area (Å²) >= 11 is 0. The van der Waals surface area contributed by atoms with Crippen molar-refractivity contribution in [3.8, 4) is 0 Å². The maximum Gasteiger partial charge on any atom is 0.162 e. The van der Waals surface area contributed by atoms with Crippen molar-refractivity contribution in [1.82, 2.24) is 4.98 Å². The largest absolute Gasteiger partial charge is 0.343 e. The van der Waals surface area contributed by atoms with Crippen molar-refractivity contribution in [3.05, 3.63) is 65.4 Å². The van der Waals surface area contributed by atoms with E-state index in [-0.39, 0.29) is 0 Å². The molecule has 1 aromatic heterocycles. The van der Waals surface area contributed by atoms with Crippen LogP contribution in [0.5, 0.6) is 0 Å². The Kier molecular flexibility index (Phi) is 2.54. The molecule has 0 radical (unpaired) electrons. The number of aromatic amines is 1. The third-order valence-corrected chi connectivity index (χ3v) is 3.94. The first-order chi connectivity index (χ1) is 10.2. The predicted molar refractivity (Wildman–Crippen MR) is 87.9 cm³/mol. The van der Waals surface area contributed by atoms with Gasteiger partial charge in [-0.2, -0.15) is 0 Å². The number of amidine groups is 1. The first-order valence-corrected chi connectivity index (χ1v) is 7.05. The fourth-order valence-electron chi connectivity index (χ4n) is 2.88. The summed E-state index contributed by atoms with van der Waals surface area (Å²) in [4.78, 5) is 12.8. The number of aryl methyl sites for hydroxylation is 1. The minimum Gasteiger partial charge on any atom is -0.343 e. The number of fused-ring (bicyclic) bond motifs is 2. The molecule has 3 heteroatoms. The highest BCUT2D eigenvalue weighted by atomic mass is 15.0. The van der Waals surface area contributed by atoms with Gasteiger partial charge in [-0.25, -0.2) is 9.98 Å². The summed E-state index contributed by atoms with van der Waals surface area (Å²) < 4.78 is 0. The number of hydrogen-bond donors (Lipinski definition) is 1. The lowest BCUT2D eigenvalue weighted by atomic mass is 10.1. The first kappa shape index (κ1) is 12.1. The molecule has 1 aliphatic heterocycles. The predicted octanol–water partition coefficient (Wildman–Crippen LogP) is 4.38. The molecule has 2 heterocycles. The molecule has 0 saturated carbocycles. The maximum atomic E-state index is 4.77. The summed E-state index contributed by atoms with van der Waals surface area (Å²) in [6.07, 6.45) is 0. The van der Waals surface area contributed by atoms with E-state index in [1.807, 2.05) is 31.2 Å². The van der Waals surface area contributed by atoms with Crippen LogP contribution in [-0.4, -0.2) is 16.5 Å². The third-order valence-electron chi connectivity index (χ3n) is 3.94. The van der Waals surface area contributed by atoms with Crippen LogP contribution in [0.25, 0.3) is 10.8 Å². The topological polar surface area (TPSA) is 40.5 Å². The quantitative estimate of drug-likeness (QED) is 0.683. The lowest BCUT2D eigenvalue weighted by Crippen LogP contribution is -1.93. The van der Waals surface area contributed by atoms with Gasteiger partial charge in [0.05, 0.1) is 0 Å². The summed E-state index contributed by atoms with van der Waals surface area (Å²) in [5, 5.41) is 2.35. The van der Waals surface area contributed by atoms with Crippen LogP contribution in [0.1, 0.15) is 23.7 Å². The minimum absolute atomic E-state index is 0.787. The smallest absolute Gasteiger partial charge is 0.162 e. The molecule has 0 aliphatic carbocycles. The molecular weight excluding hydrogens is 258 g/mol. The van der Waals surface area contributed by atoms with E-state index in [1.54, 1.807) is 0 Å². The zero-order valence-electron chi connectivity index (χ0n) is 12.0. The van der Waals surface area contributed by atoms with Crippen molar-refractivity contribution in [2.45, 2.75) is 13.8 Å². The van der Waals surface area contributed by atoms with Gasteiger partial charge in [-0.05, 0) is 13.8 Å². The lowest BCUT2D eigenvalue weighted by molar-refractivity contribution is 1.25. The summed E-state index contributed by atoms with van der Waals surface area (Å²) in [7, 11) is 0. The number of rotatable bonds is 1. The molecule has 0 bridgehead atoms. The molecule has 2 aromatic carbocycles. The molecule has 0 atom stereocenters. The van der Waals surface area contributed by atoms with Crippen LogP contribution in [0.3, 0.4) is 0 Å². The van der Waals surface area contributed by atoms with Crippen molar-refractivity contribution in [2.24, 2.45) is 9.98 Å². The molecule has 0 saturated heterocycles. The standard InChI is InChI=1S/C18H15N3/c1-11-13-7-3-5-9-15(13)17(19-11)21-18-16-10-6-4-8-14(16)12(2)20-18/h3-10,19H,1-2H3. The third kappa shape index (κ3) is 1.82. The van der Waals surface area contributed by atoms with Crippen LogP contribution in [0.15, 0.2) is 58.5 Å². The number of H-pyrrole nitrogens is 1. The number of hydrogen-bond acceptors (Lipinski definition) is 1. The van der Waals surface area contributed by atoms with E-state index in [4.69, 9.17) is 4.99 Å². The highest BCUT2D eigenvalue weighted by Gasteiger charge is 2.18. The van der Waals surface area contributed by atoms with E-state index in [0.717, 1.165) is 34.0 Å². The zero-order chi connectivity index (χ0) is 14.4. The van der Waals surface area contributed by atoms with E-state index in [1.165, 1.54) is 10.9 Å². The van der Waals surface area contributed by atoms with Crippen molar-refractivity contribution in [2.75, 3.05) is 0 Å². The Morgan fingerprint density at radius 2 is 1.52 bits per heavy atom. The van der Waals surface area contributed by atoms with E-state index in [2.05, 4.69) is 41.2 Å². The van der Waals surface area contributed by atoms with Gasteiger partial charge in [-0.3, -0.25) is 0 Å². The summed E-state index contributed by atoms with van der Waals surface area (Å²) in [6, 6.07) is 16.5. The fourth-order valence-corrected chi connectivity index (χ4v) is 2.88. The Balaban J connectivity index is 1.93. The van der Waals surface area contributed by atoms with Gasteiger partial charge in [0, 0.05) is 33.3 Å². The molecule has 3 nitrogen and oxygen atoms in total. The first-order valence-electron chi connectivity index (χ1n) is 7.05. The lowest BCUT2D eigenvalue weighted by Gasteiger charge is -1.98. The highest BCUT2D eigenvalue weighted by Crippen LogP contribution is 2.30. The van der Waals surface area contributed by atoms with Crippen molar-refractivity contribution >= 4 is 28.1 Å². The number of aromatic nitrogens is 1. The Morgan fingerprint density at radius 1 is 0.857 bits per heavy atom. The molecule has 0 spiro atoms. The van der Waals surface area contributed by atoms with Crippen molar-refractivity contribution < 1.29 is 0 Å². The molecule has 102 valence electrons. The van der Waals surface area contributed by atoms with Crippen LogP contribution >= 0.6 is 0 Å². The Bertz CT molecular complexity index is 913. The van der Waals surface area contributed by atoms with Gasteiger partial charge in [0.25, 0.3) is 0 Å². The normalized spacial score (nSPS) is 15.5. The Hall–Kier alpha value is -2.68. The molecule has 1 N–H and O–H groups in total. The van der Waals surface area contributed by atoms with Gasteiger partial charge in [0.1, 0.15) is 5.82 Å². The van der Waals surface area contributed by atoms with Crippen LogP contribution in [0.4, 0.5) is 5.82 Å². The number of benzene rings is 2. The van der Waals surface area contributed by atoms with E-state index >= 15 is 0 Å². The van der Waals surface area contributed by atoms with Crippen molar-refractivity contribution in [1.29, 1.82) is 0 Å². The zero-order valence-corrected chi connectivity index (χ0v) is 12.0. The number of aliphatic imine (C=N–C) groups is 2. The van der Waals surface area contributed by atoms with Gasteiger partial charge >= 0.3 is 0 Å².